The summed E-state index contributed by atoms with van der Waals surface area (Å²) in [5, 5.41) is 30.3. The maximum Gasteiger partial charge on any atom is 0.494 e. The van der Waals surface area contributed by atoms with Gasteiger partial charge in [-0.2, -0.15) is 0 Å². The molecule has 0 aliphatic heterocycles. The van der Waals surface area contributed by atoms with Crippen molar-refractivity contribution in [1.29, 1.82) is 0 Å². The molecule has 2 N–H and O–H groups in total. The van der Waals surface area contributed by atoms with E-state index >= 15 is 0 Å². The smallest absolute Gasteiger partial charge is 0.423 e. The quantitative estimate of drug-likeness (QED) is 0.478. The molecule has 0 spiro atoms. The van der Waals surface area contributed by atoms with Crippen LogP contribution in [0.15, 0.2) is 18.2 Å². The van der Waals surface area contributed by atoms with Gasteiger partial charge in [0, 0.05) is 11.5 Å². The van der Waals surface area contributed by atoms with Crippen LogP contribution >= 0.6 is 0 Å². The number of aliphatic hydroxyl groups is 1. The maximum absolute atomic E-state index is 13.7. The second-order valence-electron chi connectivity index (χ2n) is 5.50. The van der Waals surface area contributed by atoms with Crippen LogP contribution in [0.1, 0.15) is 27.7 Å². The molecule has 0 amide bonds. The molecular weight excluding hydrogens is 268 g/mol. The van der Waals surface area contributed by atoms with Gasteiger partial charge < -0.3 is 14.8 Å². The predicted octanol–water partition coefficient (Wildman–Crippen LogP) is 0.987. The van der Waals surface area contributed by atoms with E-state index in [9.17, 15) is 24.6 Å². The minimum atomic E-state index is -1.64. The van der Waals surface area contributed by atoms with Crippen LogP contribution in [0.4, 0.5) is 10.1 Å². The summed E-state index contributed by atoms with van der Waals surface area (Å²) in [5.74, 6) is -0.946. The minimum absolute atomic E-state index is 0.229. The van der Waals surface area contributed by atoms with Gasteiger partial charge in [0.05, 0.1) is 22.2 Å². The standard InChI is InChI=1S/C12H17BFNO5/c1-11(2,16)12(3,4)20-13(17)9-6-5-8(15(18)19)7-10(9)14/h5-7,16-17H,1-4H3. The van der Waals surface area contributed by atoms with E-state index in [0.29, 0.717) is 6.07 Å². The van der Waals surface area contributed by atoms with E-state index in [1.54, 1.807) is 13.8 Å². The van der Waals surface area contributed by atoms with Crippen LogP contribution in [0.5, 0.6) is 0 Å². The summed E-state index contributed by atoms with van der Waals surface area (Å²) in [6.07, 6.45) is 0. The summed E-state index contributed by atoms with van der Waals surface area (Å²) in [5.41, 5.74) is -3.07. The van der Waals surface area contributed by atoms with Gasteiger partial charge in [0.2, 0.25) is 0 Å². The van der Waals surface area contributed by atoms with Gasteiger partial charge in [-0.05, 0) is 27.7 Å². The molecule has 0 atom stereocenters. The van der Waals surface area contributed by atoms with Crippen molar-refractivity contribution in [1.82, 2.24) is 0 Å². The second-order valence-corrected chi connectivity index (χ2v) is 5.50. The van der Waals surface area contributed by atoms with E-state index in [1.165, 1.54) is 13.8 Å². The van der Waals surface area contributed by atoms with Crippen LogP contribution in [-0.2, 0) is 4.65 Å². The fourth-order valence-corrected chi connectivity index (χ4v) is 1.32. The highest BCUT2D eigenvalue weighted by Gasteiger charge is 2.40. The number of nitro groups is 1. The lowest BCUT2D eigenvalue weighted by molar-refractivity contribution is -0.385. The number of benzene rings is 1. The largest absolute Gasteiger partial charge is 0.494 e. The molecule has 0 unspecified atom stereocenters. The molecule has 0 aromatic heterocycles. The van der Waals surface area contributed by atoms with Crippen LogP contribution in [0.3, 0.4) is 0 Å². The Morgan fingerprint density at radius 3 is 2.30 bits per heavy atom. The molecule has 0 aliphatic rings. The van der Waals surface area contributed by atoms with Gasteiger partial charge in [-0.1, -0.05) is 6.07 Å². The molecule has 0 bridgehead atoms. The minimum Gasteiger partial charge on any atom is -0.423 e. The zero-order valence-electron chi connectivity index (χ0n) is 11.8. The molecule has 110 valence electrons. The average molecular weight is 285 g/mol. The molecule has 0 radical (unpaired) electrons. The van der Waals surface area contributed by atoms with Gasteiger partial charge in [-0.25, -0.2) is 4.39 Å². The average Bonchev–Trinajstić information content (AvgIpc) is 2.26. The van der Waals surface area contributed by atoms with Crippen LogP contribution in [0.25, 0.3) is 0 Å². The Morgan fingerprint density at radius 1 is 1.35 bits per heavy atom. The summed E-state index contributed by atoms with van der Waals surface area (Å²) in [6, 6.07) is 2.86. The molecule has 6 nitrogen and oxygen atoms in total. The summed E-state index contributed by atoms with van der Waals surface area (Å²) in [7, 11) is -1.64. The molecule has 1 aromatic rings. The number of nitro benzene ring substituents is 1. The number of hydrogen-bond donors (Lipinski definition) is 2. The fourth-order valence-electron chi connectivity index (χ4n) is 1.32. The molecule has 20 heavy (non-hydrogen) atoms. The van der Waals surface area contributed by atoms with Crippen LogP contribution in [-0.4, -0.2) is 33.4 Å². The molecule has 8 heteroatoms. The van der Waals surface area contributed by atoms with Crippen molar-refractivity contribution in [2.24, 2.45) is 0 Å². The van der Waals surface area contributed by atoms with Gasteiger partial charge in [0.1, 0.15) is 5.82 Å². The van der Waals surface area contributed by atoms with Crippen molar-refractivity contribution in [3.05, 3.63) is 34.1 Å². The number of non-ortho nitro benzene ring substituents is 1. The third-order valence-corrected chi connectivity index (χ3v) is 3.34. The van der Waals surface area contributed by atoms with Gasteiger partial charge in [-0.15, -0.1) is 0 Å². The van der Waals surface area contributed by atoms with Crippen LogP contribution < -0.4 is 5.46 Å². The normalized spacial score (nSPS) is 12.3. The fraction of sp³-hybridized carbons (Fsp3) is 0.500. The Bertz CT molecular complexity index is 515. The van der Waals surface area contributed by atoms with Crippen molar-refractivity contribution in [3.63, 3.8) is 0 Å². The SMILES string of the molecule is CC(C)(O)C(C)(C)OB(O)c1ccc([N+](=O)[O-])cc1F. The Hall–Kier alpha value is -1.51. The highest BCUT2D eigenvalue weighted by Crippen LogP contribution is 2.25. The van der Waals surface area contributed by atoms with E-state index in [2.05, 4.69) is 0 Å². The Morgan fingerprint density at radius 2 is 1.90 bits per heavy atom. The Balaban J connectivity index is 2.99. The number of hydrogen-bond acceptors (Lipinski definition) is 5. The third-order valence-electron chi connectivity index (χ3n) is 3.34. The van der Waals surface area contributed by atoms with Crippen LogP contribution in [0.2, 0.25) is 0 Å². The van der Waals surface area contributed by atoms with Gasteiger partial charge in [-0.3, -0.25) is 10.1 Å². The number of halogens is 1. The summed E-state index contributed by atoms with van der Waals surface area (Å²) in [4.78, 5) is 9.77. The lowest BCUT2D eigenvalue weighted by Crippen LogP contribution is -2.53. The van der Waals surface area contributed by atoms with Crippen molar-refractivity contribution in [2.45, 2.75) is 38.9 Å². The molecule has 0 aliphatic carbocycles. The molecule has 0 saturated carbocycles. The molecule has 0 heterocycles. The van der Waals surface area contributed by atoms with Crippen molar-refractivity contribution < 1.29 is 24.1 Å². The van der Waals surface area contributed by atoms with Crippen molar-refractivity contribution in [2.75, 3.05) is 0 Å². The van der Waals surface area contributed by atoms with E-state index in [4.69, 9.17) is 4.65 Å². The second kappa shape index (κ2) is 5.47. The van der Waals surface area contributed by atoms with E-state index in [1.807, 2.05) is 0 Å². The Labute approximate surface area is 116 Å². The molecule has 1 rings (SSSR count). The molecule has 0 saturated heterocycles. The zero-order chi connectivity index (χ0) is 15.7. The van der Waals surface area contributed by atoms with E-state index in [0.717, 1.165) is 12.1 Å². The van der Waals surface area contributed by atoms with Crippen LogP contribution in [0, 0.1) is 15.9 Å². The predicted molar refractivity (Wildman–Crippen MR) is 72.1 cm³/mol. The lowest BCUT2D eigenvalue weighted by Gasteiger charge is -2.38. The van der Waals surface area contributed by atoms with Crippen molar-refractivity contribution >= 4 is 18.3 Å². The summed E-state index contributed by atoms with van der Waals surface area (Å²) >= 11 is 0. The first kappa shape index (κ1) is 16.5. The monoisotopic (exact) mass is 285 g/mol. The molecule has 0 fully saturated rings. The number of nitrogens with zero attached hydrogens (tertiary/aromatic N) is 1. The highest BCUT2D eigenvalue weighted by atomic mass is 19.1. The first-order chi connectivity index (χ1) is 8.95. The topological polar surface area (TPSA) is 92.8 Å². The zero-order valence-corrected chi connectivity index (χ0v) is 11.8. The lowest BCUT2D eigenvalue weighted by atomic mass is 9.76. The molecule has 1 aromatic carbocycles. The summed E-state index contributed by atoms with van der Waals surface area (Å²) in [6.45, 7) is 6.07. The first-order valence-electron chi connectivity index (χ1n) is 5.98. The van der Waals surface area contributed by atoms with Gasteiger partial charge >= 0.3 is 7.12 Å². The highest BCUT2D eigenvalue weighted by molar-refractivity contribution is 6.60. The number of rotatable bonds is 5. The van der Waals surface area contributed by atoms with E-state index < -0.39 is 34.7 Å². The third kappa shape index (κ3) is 3.53. The van der Waals surface area contributed by atoms with E-state index in [-0.39, 0.29) is 5.46 Å². The van der Waals surface area contributed by atoms with Gasteiger partial charge in [0.15, 0.2) is 0 Å². The first-order valence-corrected chi connectivity index (χ1v) is 5.98. The Kier molecular flexibility index (Phi) is 4.53. The maximum atomic E-state index is 13.7. The molecular formula is C12H17BFNO5. The van der Waals surface area contributed by atoms with Gasteiger partial charge in [0.25, 0.3) is 5.69 Å². The van der Waals surface area contributed by atoms with Crippen molar-refractivity contribution in [3.8, 4) is 0 Å². The summed E-state index contributed by atoms with van der Waals surface area (Å²) < 4.78 is 19.0.